The maximum Gasteiger partial charge on any atom is 0.138 e. The summed E-state index contributed by atoms with van der Waals surface area (Å²) in [7, 11) is 0. The van der Waals surface area contributed by atoms with Gasteiger partial charge in [0.15, 0.2) is 0 Å². The molecule has 0 radical (unpaired) electrons. The highest BCUT2D eigenvalue weighted by atomic mass is 35.5. The summed E-state index contributed by atoms with van der Waals surface area (Å²) in [4.78, 5) is 0. The summed E-state index contributed by atoms with van der Waals surface area (Å²) in [6, 6.07) is 10.2. The van der Waals surface area contributed by atoms with Gasteiger partial charge >= 0.3 is 0 Å². The van der Waals surface area contributed by atoms with Gasteiger partial charge in [0.1, 0.15) is 23.9 Å². The third-order valence-corrected chi connectivity index (χ3v) is 3.30. The number of hydrogen-bond donors (Lipinski definition) is 1. The number of phenols is 1. The van der Waals surface area contributed by atoms with Crippen LogP contribution >= 0.6 is 23.2 Å². The largest absolute Gasteiger partial charge is 0.506 e. The highest BCUT2D eigenvalue weighted by Crippen LogP contribution is 2.29. The molecule has 0 aromatic heterocycles. The predicted octanol–water partition coefficient (Wildman–Crippen LogP) is 5.07. The average Bonchev–Trinajstić information content (AvgIpc) is 2.43. The Bertz CT molecular complexity index is 627. The zero-order valence-electron chi connectivity index (χ0n) is 11.8. The first-order valence-electron chi connectivity index (χ1n) is 6.52. The summed E-state index contributed by atoms with van der Waals surface area (Å²) < 4.78 is 11.3. The Hall–Kier alpha value is -1.58. The Balaban J connectivity index is 2.07. The van der Waals surface area contributed by atoms with Gasteiger partial charge in [0.2, 0.25) is 0 Å². The van der Waals surface area contributed by atoms with Crippen LogP contribution in [-0.2, 0) is 6.61 Å². The number of halogens is 2. The summed E-state index contributed by atoms with van der Waals surface area (Å²) >= 11 is 11.9. The highest BCUT2D eigenvalue weighted by molar-refractivity contribution is 6.32. The molecular formula is C16H16Cl2O3. The second-order valence-electron chi connectivity index (χ2n) is 4.83. The lowest BCUT2D eigenvalue weighted by Crippen LogP contribution is -2.06. The number of benzene rings is 2. The molecule has 5 heteroatoms. The van der Waals surface area contributed by atoms with Crippen LogP contribution in [-0.4, -0.2) is 11.2 Å². The van der Waals surface area contributed by atoms with Gasteiger partial charge in [0, 0.05) is 6.07 Å². The van der Waals surface area contributed by atoms with Gasteiger partial charge in [-0.1, -0.05) is 29.3 Å². The quantitative estimate of drug-likeness (QED) is 0.834. The second-order valence-corrected chi connectivity index (χ2v) is 5.65. The highest BCUT2D eigenvalue weighted by Gasteiger charge is 2.07. The minimum Gasteiger partial charge on any atom is -0.506 e. The van der Waals surface area contributed by atoms with Gasteiger partial charge in [-0.25, -0.2) is 0 Å². The van der Waals surface area contributed by atoms with Crippen molar-refractivity contribution in [1.29, 1.82) is 0 Å². The van der Waals surface area contributed by atoms with Crippen LogP contribution in [0.4, 0.5) is 0 Å². The number of hydrogen-bond acceptors (Lipinski definition) is 3. The lowest BCUT2D eigenvalue weighted by atomic mass is 10.2. The van der Waals surface area contributed by atoms with Crippen molar-refractivity contribution in [3.05, 3.63) is 52.0 Å². The zero-order valence-corrected chi connectivity index (χ0v) is 13.3. The molecule has 1 N–H and O–H groups in total. The van der Waals surface area contributed by atoms with Crippen molar-refractivity contribution in [2.24, 2.45) is 0 Å². The van der Waals surface area contributed by atoms with Crippen LogP contribution < -0.4 is 9.47 Å². The van der Waals surface area contributed by atoms with Gasteiger partial charge in [-0.05, 0) is 43.7 Å². The van der Waals surface area contributed by atoms with Gasteiger partial charge in [-0.2, -0.15) is 0 Å². The van der Waals surface area contributed by atoms with Crippen LogP contribution in [0.1, 0.15) is 19.4 Å². The van der Waals surface area contributed by atoms with Gasteiger partial charge < -0.3 is 14.6 Å². The van der Waals surface area contributed by atoms with E-state index in [9.17, 15) is 5.11 Å². The van der Waals surface area contributed by atoms with Crippen molar-refractivity contribution in [3.8, 4) is 17.2 Å². The maximum atomic E-state index is 9.36. The SMILES string of the molecule is CC(C)Oc1cc(COc2ccc(O)c(Cl)c2)ccc1Cl. The van der Waals surface area contributed by atoms with E-state index in [1.165, 1.54) is 6.07 Å². The molecule has 0 saturated carbocycles. The molecule has 0 atom stereocenters. The lowest BCUT2D eigenvalue weighted by Gasteiger charge is -2.13. The van der Waals surface area contributed by atoms with E-state index < -0.39 is 0 Å². The molecule has 21 heavy (non-hydrogen) atoms. The van der Waals surface area contributed by atoms with Crippen molar-refractivity contribution in [2.75, 3.05) is 0 Å². The van der Waals surface area contributed by atoms with Crippen LogP contribution in [0.5, 0.6) is 17.2 Å². The Labute approximate surface area is 134 Å². The van der Waals surface area contributed by atoms with Gasteiger partial charge in [-0.15, -0.1) is 0 Å². The molecule has 3 nitrogen and oxygen atoms in total. The van der Waals surface area contributed by atoms with Crippen molar-refractivity contribution in [3.63, 3.8) is 0 Å². The molecule has 0 fully saturated rings. The summed E-state index contributed by atoms with van der Waals surface area (Å²) in [6.07, 6.45) is 0.0505. The summed E-state index contributed by atoms with van der Waals surface area (Å²) in [5, 5.41) is 10.2. The Morgan fingerprint density at radius 1 is 1.05 bits per heavy atom. The molecule has 0 heterocycles. The van der Waals surface area contributed by atoms with Crippen LogP contribution in [0, 0.1) is 0 Å². The van der Waals surface area contributed by atoms with E-state index in [2.05, 4.69) is 0 Å². The minimum atomic E-state index is 0.0307. The van der Waals surface area contributed by atoms with Crippen molar-refractivity contribution >= 4 is 23.2 Å². The third-order valence-electron chi connectivity index (χ3n) is 2.68. The van der Waals surface area contributed by atoms with Crippen LogP contribution in [0.2, 0.25) is 10.0 Å². The summed E-state index contributed by atoms with van der Waals surface area (Å²) in [6.45, 7) is 4.24. The Morgan fingerprint density at radius 2 is 1.81 bits per heavy atom. The molecular weight excluding hydrogens is 311 g/mol. The second kappa shape index (κ2) is 6.92. The van der Waals surface area contributed by atoms with Crippen molar-refractivity contribution < 1.29 is 14.6 Å². The normalized spacial score (nSPS) is 10.7. The maximum absolute atomic E-state index is 9.36. The Kier molecular flexibility index (Phi) is 5.21. The van der Waals surface area contributed by atoms with E-state index in [0.29, 0.717) is 23.1 Å². The van der Waals surface area contributed by atoms with E-state index in [-0.39, 0.29) is 16.9 Å². The molecule has 112 valence electrons. The van der Waals surface area contributed by atoms with E-state index in [1.807, 2.05) is 26.0 Å². The minimum absolute atomic E-state index is 0.0307. The van der Waals surface area contributed by atoms with E-state index >= 15 is 0 Å². The molecule has 0 aliphatic heterocycles. The van der Waals surface area contributed by atoms with E-state index in [4.69, 9.17) is 32.7 Å². The van der Waals surface area contributed by atoms with E-state index in [1.54, 1.807) is 18.2 Å². The molecule has 2 aromatic rings. The topological polar surface area (TPSA) is 38.7 Å². The zero-order chi connectivity index (χ0) is 15.4. The molecule has 0 saturated heterocycles. The molecule has 0 amide bonds. The summed E-state index contributed by atoms with van der Waals surface area (Å²) in [5.41, 5.74) is 0.930. The third kappa shape index (κ3) is 4.45. The van der Waals surface area contributed by atoms with Crippen LogP contribution in [0.15, 0.2) is 36.4 Å². The predicted molar refractivity (Wildman–Crippen MR) is 84.7 cm³/mol. The van der Waals surface area contributed by atoms with Crippen molar-refractivity contribution in [2.45, 2.75) is 26.6 Å². The van der Waals surface area contributed by atoms with Crippen molar-refractivity contribution in [1.82, 2.24) is 0 Å². The monoisotopic (exact) mass is 326 g/mol. The fourth-order valence-electron chi connectivity index (χ4n) is 1.73. The van der Waals surface area contributed by atoms with Crippen LogP contribution in [0.3, 0.4) is 0 Å². The first-order valence-corrected chi connectivity index (χ1v) is 7.27. The van der Waals surface area contributed by atoms with Gasteiger partial charge in [-0.3, -0.25) is 0 Å². The lowest BCUT2D eigenvalue weighted by molar-refractivity contribution is 0.241. The first-order chi connectivity index (χ1) is 9.95. The molecule has 0 spiro atoms. The van der Waals surface area contributed by atoms with E-state index in [0.717, 1.165) is 5.56 Å². The molecule has 0 bridgehead atoms. The fourth-order valence-corrected chi connectivity index (χ4v) is 2.06. The molecule has 0 unspecified atom stereocenters. The number of ether oxygens (including phenoxy) is 2. The standard InChI is InChI=1S/C16H16Cl2O3/c1-10(2)21-16-7-11(3-5-13(16)17)9-20-12-4-6-15(19)14(18)8-12/h3-8,10,19H,9H2,1-2H3. The average molecular weight is 327 g/mol. The number of phenolic OH excluding ortho intramolecular Hbond substituents is 1. The molecule has 2 aromatic carbocycles. The molecule has 2 rings (SSSR count). The fraction of sp³-hybridized carbons (Fsp3) is 0.250. The smallest absolute Gasteiger partial charge is 0.138 e. The summed E-state index contributed by atoms with van der Waals surface area (Å²) in [5.74, 6) is 1.25. The number of aromatic hydroxyl groups is 1. The Morgan fingerprint density at radius 3 is 2.48 bits per heavy atom. The first kappa shape index (κ1) is 15.8. The molecule has 0 aliphatic rings. The van der Waals surface area contributed by atoms with Gasteiger partial charge in [0.25, 0.3) is 0 Å². The van der Waals surface area contributed by atoms with Gasteiger partial charge in [0.05, 0.1) is 16.1 Å². The number of rotatable bonds is 5. The molecule has 0 aliphatic carbocycles. The van der Waals surface area contributed by atoms with Crippen LogP contribution in [0.25, 0.3) is 0 Å².